The summed E-state index contributed by atoms with van der Waals surface area (Å²) < 4.78 is 31.7. The smallest absolute Gasteiger partial charge is 0.243 e. The molecule has 1 aromatic rings. The number of nitrogens with zero attached hydrogens (tertiary/aromatic N) is 1. The molecule has 1 heterocycles. The van der Waals surface area contributed by atoms with Crippen molar-refractivity contribution in [2.75, 3.05) is 26.7 Å². The largest absolute Gasteiger partial charge is 0.494 e. The zero-order chi connectivity index (χ0) is 15.5. The van der Waals surface area contributed by atoms with Crippen molar-refractivity contribution in [3.8, 4) is 5.75 Å². The first kappa shape index (κ1) is 16.2. The summed E-state index contributed by atoms with van der Waals surface area (Å²) in [4.78, 5) is 0.202. The Balaban J connectivity index is 2.15. The lowest BCUT2D eigenvalue weighted by molar-refractivity contribution is 0.136. The Morgan fingerprint density at radius 2 is 2.00 bits per heavy atom. The molecule has 2 atom stereocenters. The minimum absolute atomic E-state index is 0.202. The van der Waals surface area contributed by atoms with Crippen molar-refractivity contribution in [1.82, 2.24) is 9.62 Å². The molecule has 0 aromatic heterocycles. The van der Waals surface area contributed by atoms with E-state index >= 15 is 0 Å². The third kappa shape index (κ3) is 3.55. The lowest BCUT2D eigenvalue weighted by atomic mass is 10.2. The maximum atomic E-state index is 12.5. The maximum Gasteiger partial charge on any atom is 0.243 e. The molecule has 21 heavy (non-hydrogen) atoms. The molecule has 6 nitrogen and oxygen atoms in total. The number of sulfonamides is 1. The molecule has 0 saturated carbocycles. The third-order valence-corrected chi connectivity index (χ3v) is 5.49. The van der Waals surface area contributed by atoms with Crippen LogP contribution in [0.2, 0.25) is 0 Å². The van der Waals surface area contributed by atoms with E-state index in [0.717, 1.165) is 6.42 Å². The molecule has 0 radical (unpaired) electrons. The van der Waals surface area contributed by atoms with Crippen LogP contribution in [-0.2, 0) is 10.0 Å². The normalized spacial score (nSPS) is 22.7. The van der Waals surface area contributed by atoms with E-state index in [-0.39, 0.29) is 4.90 Å². The number of aliphatic hydroxyl groups is 1. The van der Waals surface area contributed by atoms with Crippen LogP contribution in [0.1, 0.15) is 13.3 Å². The van der Waals surface area contributed by atoms with Gasteiger partial charge in [-0.3, -0.25) is 0 Å². The van der Waals surface area contributed by atoms with E-state index < -0.39 is 22.2 Å². The molecule has 1 saturated heterocycles. The van der Waals surface area contributed by atoms with Crippen LogP contribution in [-0.4, -0.2) is 56.7 Å². The summed E-state index contributed by atoms with van der Waals surface area (Å²) in [5.74, 6) is 0.654. The van der Waals surface area contributed by atoms with Crippen molar-refractivity contribution in [3.63, 3.8) is 0 Å². The van der Waals surface area contributed by atoms with Crippen LogP contribution < -0.4 is 10.1 Å². The average molecular weight is 314 g/mol. The van der Waals surface area contributed by atoms with Gasteiger partial charge in [-0.05, 0) is 30.7 Å². The number of benzene rings is 1. The Labute approximate surface area is 125 Å². The molecular formula is C14H22N2O4S. The van der Waals surface area contributed by atoms with E-state index in [1.807, 2.05) is 6.92 Å². The van der Waals surface area contributed by atoms with Crippen LogP contribution in [0.5, 0.6) is 5.75 Å². The first-order chi connectivity index (χ1) is 9.96. The fourth-order valence-corrected chi connectivity index (χ4v) is 3.68. The van der Waals surface area contributed by atoms with E-state index in [9.17, 15) is 13.5 Å². The van der Waals surface area contributed by atoms with Gasteiger partial charge in [0.2, 0.25) is 10.0 Å². The van der Waals surface area contributed by atoms with Gasteiger partial charge in [0.1, 0.15) is 5.75 Å². The molecule has 0 spiro atoms. The second kappa shape index (κ2) is 6.74. The van der Waals surface area contributed by atoms with E-state index in [1.165, 1.54) is 23.5 Å². The summed E-state index contributed by atoms with van der Waals surface area (Å²) in [6.45, 7) is 3.48. The van der Waals surface area contributed by atoms with Gasteiger partial charge in [0.25, 0.3) is 0 Å². The zero-order valence-corrected chi connectivity index (χ0v) is 13.1. The van der Waals surface area contributed by atoms with Crippen LogP contribution >= 0.6 is 0 Å². The highest BCUT2D eigenvalue weighted by molar-refractivity contribution is 7.89. The maximum absolute atomic E-state index is 12.5. The molecule has 1 aliphatic heterocycles. The summed E-state index contributed by atoms with van der Waals surface area (Å²) in [5, 5.41) is 12.8. The van der Waals surface area contributed by atoms with Crippen molar-refractivity contribution in [2.45, 2.75) is 30.4 Å². The number of hydrogen-bond acceptors (Lipinski definition) is 5. The fourth-order valence-electron chi connectivity index (χ4n) is 2.29. The number of β-amino-alcohol motifs (C(OH)–C–C–N with tert-alkyl or cyclic N) is 1. The number of rotatable bonds is 6. The number of ether oxygens (including phenoxy) is 1. The van der Waals surface area contributed by atoms with E-state index in [1.54, 1.807) is 12.1 Å². The Morgan fingerprint density at radius 3 is 2.52 bits per heavy atom. The minimum Gasteiger partial charge on any atom is -0.494 e. The van der Waals surface area contributed by atoms with Crippen molar-refractivity contribution < 1.29 is 18.3 Å². The molecule has 0 bridgehead atoms. The van der Waals surface area contributed by atoms with E-state index in [2.05, 4.69) is 5.32 Å². The molecule has 0 amide bonds. The summed E-state index contributed by atoms with van der Waals surface area (Å²) in [5.41, 5.74) is 0. The van der Waals surface area contributed by atoms with E-state index in [0.29, 0.717) is 25.4 Å². The van der Waals surface area contributed by atoms with Crippen LogP contribution in [0.25, 0.3) is 0 Å². The van der Waals surface area contributed by atoms with Crippen molar-refractivity contribution in [1.29, 1.82) is 0 Å². The molecule has 118 valence electrons. The van der Waals surface area contributed by atoms with Crippen LogP contribution in [0.4, 0.5) is 0 Å². The second-order valence-corrected chi connectivity index (χ2v) is 7.13. The molecule has 0 aliphatic carbocycles. The highest BCUT2D eigenvalue weighted by atomic mass is 32.2. The van der Waals surface area contributed by atoms with Crippen LogP contribution in [0, 0.1) is 0 Å². The first-order valence-electron chi connectivity index (χ1n) is 7.06. The average Bonchev–Trinajstić information content (AvgIpc) is 2.90. The topological polar surface area (TPSA) is 78.9 Å². The molecule has 1 fully saturated rings. The molecule has 1 aliphatic rings. The quantitative estimate of drug-likeness (QED) is 0.796. The number of hydrogen-bond donors (Lipinski definition) is 2. The monoisotopic (exact) mass is 314 g/mol. The fraction of sp³-hybridized carbons (Fsp3) is 0.571. The van der Waals surface area contributed by atoms with Gasteiger partial charge in [0.05, 0.1) is 23.6 Å². The molecule has 1 aromatic carbocycles. The van der Waals surface area contributed by atoms with Gasteiger partial charge in [-0.2, -0.15) is 4.31 Å². The molecule has 2 N–H and O–H groups in total. The van der Waals surface area contributed by atoms with Gasteiger partial charge >= 0.3 is 0 Å². The third-order valence-electron chi connectivity index (χ3n) is 3.59. The molecular weight excluding hydrogens is 292 g/mol. The van der Waals surface area contributed by atoms with Crippen LogP contribution in [0.15, 0.2) is 29.2 Å². The Morgan fingerprint density at radius 1 is 1.33 bits per heavy atom. The Hall–Kier alpha value is -1.15. The van der Waals surface area contributed by atoms with Crippen molar-refractivity contribution >= 4 is 10.0 Å². The SMILES string of the molecule is CCCOc1ccc(S(=O)(=O)N(C)[C@H]2CNC[C@@H]2O)cc1. The Kier molecular flexibility index (Phi) is 5.21. The number of nitrogens with one attached hydrogen (secondary N) is 1. The second-order valence-electron chi connectivity index (χ2n) is 5.13. The van der Waals surface area contributed by atoms with Crippen LogP contribution in [0.3, 0.4) is 0 Å². The summed E-state index contributed by atoms with van der Waals surface area (Å²) in [7, 11) is -2.12. The van der Waals surface area contributed by atoms with Crippen molar-refractivity contribution in [3.05, 3.63) is 24.3 Å². The highest BCUT2D eigenvalue weighted by Gasteiger charge is 2.35. The van der Waals surface area contributed by atoms with Gasteiger partial charge in [0, 0.05) is 20.1 Å². The molecule has 7 heteroatoms. The van der Waals surface area contributed by atoms with Gasteiger partial charge in [-0.15, -0.1) is 0 Å². The predicted octanol–water partition coefficient (Wildman–Crippen LogP) is 0.429. The molecule has 2 rings (SSSR count). The van der Waals surface area contributed by atoms with Gasteiger partial charge in [-0.25, -0.2) is 8.42 Å². The van der Waals surface area contributed by atoms with Gasteiger partial charge in [0.15, 0.2) is 0 Å². The summed E-state index contributed by atoms with van der Waals surface area (Å²) >= 11 is 0. The van der Waals surface area contributed by atoms with Gasteiger partial charge in [-0.1, -0.05) is 6.92 Å². The standard InChI is InChI=1S/C14H22N2O4S/c1-3-8-20-11-4-6-12(7-5-11)21(18,19)16(2)13-9-15-10-14(13)17/h4-7,13-15,17H,3,8-10H2,1-2H3/t13-,14-/m0/s1. The van der Waals surface area contributed by atoms with Crippen molar-refractivity contribution in [2.24, 2.45) is 0 Å². The predicted molar refractivity (Wildman–Crippen MR) is 79.8 cm³/mol. The summed E-state index contributed by atoms with van der Waals surface area (Å²) in [6.07, 6.45) is 0.215. The zero-order valence-electron chi connectivity index (χ0n) is 12.3. The van der Waals surface area contributed by atoms with E-state index in [4.69, 9.17) is 4.74 Å². The molecule has 0 unspecified atom stereocenters. The lowest BCUT2D eigenvalue weighted by Crippen LogP contribution is -2.44. The summed E-state index contributed by atoms with van der Waals surface area (Å²) in [6, 6.07) is 5.93. The lowest BCUT2D eigenvalue weighted by Gasteiger charge is -2.25. The van der Waals surface area contributed by atoms with Gasteiger partial charge < -0.3 is 15.2 Å². The minimum atomic E-state index is -3.61. The first-order valence-corrected chi connectivity index (χ1v) is 8.50. The Bertz CT molecular complexity index is 559. The number of aliphatic hydroxyl groups excluding tert-OH is 1. The highest BCUT2D eigenvalue weighted by Crippen LogP contribution is 2.22. The number of likely N-dealkylation sites (N-methyl/N-ethyl adjacent to an activating group) is 1.